The minimum atomic E-state index is -0.938. The van der Waals surface area contributed by atoms with Crippen LogP contribution in [-0.2, 0) is 0 Å². The highest BCUT2D eigenvalue weighted by Gasteiger charge is 2.11. The Morgan fingerprint density at radius 1 is 0.933 bits per heavy atom. The van der Waals surface area contributed by atoms with Crippen LogP contribution in [0.15, 0.2) is 24.3 Å². The van der Waals surface area contributed by atoms with E-state index in [2.05, 4.69) is 0 Å². The Labute approximate surface area is 83.1 Å². The summed E-state index contributed by atoms with van der Waals surface area (Å²) in [7, 11) is 0. The van der Waals surface area contributed by atoms with Gasteiger partial charge in [-0.3, -0.25) is 4.79 Å². The van der Waals surface area contributed by atoms with Crippen molar-refractivity contribution in [2.24, 2.45) is 0 Å². The molecule has 0 aromatic heterocycles. The molecule has 15 heavy (non-hydrogen) atoms. The molecule has 0 saturated heterocycles. The average molecular weight is 210 g/mol. The summed E-state index contributed by atoms with van der Waals surface area (Å²) < 4.78 is 39.7. The van der Waals surface area contributed by atoms with Crippen molar-refractivity contribution in [1.29, 1.82) is 0 Å². The van der Waals surface area contributed by atoms with Gasteiger partial charge in [-0.05, 0) is 24.3 Å². The molecule has 76 valence electrons. The van der Waals surface area contributed by atoms with Gasteiger partial charge in [-0.25, -0.2) is 13.2 Å². The van der Waals surface area contributed by atoms with Crippen molar-refractivity contribution in [2.45, 2.75) is 0 Å². The molecule has 4 heteroatoms. The summed E-state index contributed by atoms with van der Waals surface area (Å²) >= 11 is 0. The highest BCUT2D eigenvalue weighted by atomic mass is 19.1. The van der Waals surface area contributed by atoms with Crippen LogP contribution in [0.25, 0.3) is 10.8 Å². The predicted octanol–water partition coefficient (Wildman–Crippen LogP) is 3.07. The molecule has 1 nitrogen and oxygen atoms in total. The van der Waals surface area contributed by atoms with Gasteiger partial charge in [0.15, 0.2) is 0 Å². The van der Waals surface area contributed by atoms with Gasteiger partial charge < -0.3 is 0 Å². The average Bonchev–Trinajstić information content (AvgIpc) is 2.23. The molecule has 0 N–H and O–H groups in total. The Balaban J connectivity index is 2.96. The number of rotatable bonds is 1. The number of hydrogen-bond acceptors (Lipinski definition) is 1. The summed E-state index contributed by atoms with van der Waals surface area (Å²) in [6.45, 7) is 0. The number of benzene rings is 2. The van der Waals surface area contributed by atoms with E-state index < -0.39 is 22.8 Å². The third-order valence-corrected chi connectivity index (χ3v) is 2.12. The van der Waals surface area contributed by atoms with E-state index in [1.165, 1.54) is 0 Å². The lowest BCUT2D eigenvalue weighted by molar-refractivity contribution is 0.112. The fourth-order valence-corrected chi connectivity index (χ4v) is 1.45. The first-order valence-electron chi connectivity index (χ1n) is 4.16. The lowest BCUT2D eigenvalue weighted by Gasteiger charge is -2.03. The monoisotopic (exact) mass is 210 g/mol. The second kappa shape index (κ2) is 3.38. The van der Waals surface area contributed by atoms with Crippen LogP contribution in [0.4, 0.5) is 13.2 Å². The van der Waals surface area contributed by atoms with Crippen molar-refractivity contribution >= 4 is 17.1 Å². The largest absolute Gasteiger partial charge is 0.298 e. The summed E-state index contributed by atoms with van der Waals surface area (Å²) in [5.41, 5.74) is -0.0236. The standard InChI is InChI=1S/C11H5F3O/c12-8-1-2-9(13)11-7(8)3-6(5-15)4-10(11)14/h1-5H. The number of aldehydes is 1. The van der Waals surface area contributed by atoms with E-state index in [0.717, 1.165) is 24.3 Å². The van der Waals surface area contributed by atoms with Crippen molar-refractivity contribution in [3.63, 3.8) is 0 Å². The van der Waals surface area contributed by atoms with Gasteiger partial charge in [-0.15, -0.1) is 0 Å². The van der Waals surface area contributed by atoms with E-state index in [9.17, 15) is 18.0 Å². The third-order valence-electron chi connectivity index (χ3n) is 2.12. The van der Waals surface area contributed by atoms with Crippen LogP contribution in [0.2, 0.25) is 0 Å². The van der Waals surface area contributed by atoms with Crippen molar-refractivity contribution in [1.82, 2.24) is 0 Å². The Morgan fingerprint density at radius 2 is 1.60 bits per heavy atom. The van der Waals surface area contributed by atoms with E-state index >= 15 is 0 Å². The third kappa shape index (κ3) is 1.48. The second-order valence-electron chi connectivity index (χ2n) is 3.07. The van der Waals surface area contributed by atoms with Crippen LogP contribution in [0.3, 0.4) is 0 Å². The molecule has 0 spiro atoms. The van der Waals surface area contributed by atoms with Crippen LogP contribution < -0.4 is 0 Å². The lowest BCUT2D eigenvalue weighted by Crippen LogP contribution is -1.91. The van der Waals surface area contributed by atoms with Gasteiger partial charge in [0.25, 0.3) is 0 Å². The maximum absolute atomic E-state index is 13.3. The fourth-order valence-electron chi connectivity index (χ4n) is 1.45. The zero-order valence-electron chi connectivity index (χ0n) is 7.43. The molecular formula is C11H5F3O. The first kappa shape index (κ1) is 9.71. The first-order valence-corrected chi connectivity index (χ1v) is 4.16. The Morgan fingerprint density at radius 3 is 2.27 bits per heavy atom. The Hall–Kier alpha value is -1.84. The fraction of sp³-hybridized carbons (Fsp3) is 0. The Kier molecular flexibility index (Phi) is 2.19. The molecule has 2 aromatic rings. The molecule has 0 atom stereocenters. The first-order chi connectivity index (χ1) is 7.13. The number of hydrogen-bond donors (Lipinski definition) is 0. The van der Waals surface area contributed by atoms with Crippen molar-refractivity contribution < 1.29 is 18.0 Å². The highest BCUT2D eigenvalue weighted by molar-refractivity contribution is 5.90. The zero-order valence-corrected chi connectivity index (χ0v) is 7.43. The molecular weight excluding hydrogens is 205 g/mol. The molecule has 0 saturated carbocycles. The van der Waals surface area contributed by atoms with Gasteiger partial charge >= 0.3 is 0 Å². The zero-order chi connectivity index (χ0) is 11.0. The Bertz CT molecular complexity index is 549. The van der Waals surface area contributed by atoms with Crippen molar-refractivity contribution in [3.05, 3.63) is 47.3 Å². The molecule has 0 radical (unpaired) electrons. The number of carbonyl (C=O) groups excluding carboxylic acids is 1. The van der Waals surface area contributed by atoms with E-state index in [4.69, 9.17) is 0 Å². The molecule has 0 amide bonds. The molecule has 0 aliphatic heterocycles. The van der Waals surface area contributed by atoms with E-state index in [1.807, 2.05) is 0 Å². The molecule has 0 bridgehead atoms. The van der Waals surface area contributed by atoms with Crippen LogP contribution in [0, 0.1) is 17.5 Å². The van der Waals surface area contributed by atoms with Crippen LogP contribution >= 0.6 is 0 Å². The maximum Gasteiger partial charge on any atom is 0.150 e. The molecule has 2 aromatic carbocycles. The van der Waals surface area contributed by atoms with Crippen LogP contribution in [0.1, 0.15) is 10.4 Å². The van der Waals surface area contributed by atoms with E-state index in [0.29, 0.717) is 6.29 Å². The number of fused-ring (bicyclic) bond motifs is 1. The summed E-state index contributed by atoms with van der Waals surface area (Å²) in [6, 6.07) is 3.73. The molecule has 0 heterocycles. The highest BCUT2D eigenvalue weighted by Crippen LogP contribution is 2.24. The lowest BCUT2D eigenvalue weighted by atomic mass is 10.1. The molecule has 0 fully saturated rings. The van der Waals surface area contributed by atoms with Crippen molar-refractivity contribution in [3.8, 4) is 0 Å². The van der Waals surface area contributed by atoms with Crippen LogP contribution in [0.5, 0.6) is 0 Å². The summed E-state index contributed by atoms with van der Waals surface area (Å²) in [4.78, 5) is 10.4. The van der Waals surface area contributed by atoms with Crippen molar-refractivity contribution in [2.75, 3.05) is 0 Å². The van der Waals surface area contributed by atoms with Gasteiger partial charge in [0.1, 0.15) is 23.7 Å². The van der Waals surface area contributed by atoms with Gasteiger partial charge in [-0.2, -0.15) is 0 Å². The van der Waals surface area contributed by atoms with Gasteiger partial charge in [-0.1, -0.05) is 0 Å². The number of carbonyl (C=O) groups is 1. The van der Waals surface area contributed by atoms with Gasteiger partial charge in [0, 0.05) is 10.9 Å². The van der Waals surface area contributed by atoms with E-state index in [-0.39, 0.29) is 10.9 Å². The molecule has 2 rings (SSSR count). The second-order valence-corrected chi connectivity index (χ2v) is 3.07. The molecule has 0 aliphatic rings. The SMILES string of the molecule is O=Cc1cc(F)c2c(F)ccc(F)c2c1. The molecule has 0 unspecified atom stereocenters. The minimum Gasteiger partial charge on any atom is -0.298 e. The normalized spacial score (nSPS) is 10.6. The molecule has 0 aliphatic carbocycles. The quantitative estimate of drug-likeness (QED) is 0.661. The smallest absolute Gasteiger partial charge is 0.150 e. The topological polar surface area (TPSA) is 17.1 Å². The minimum absolute atomic E-state index is 0.0236. The van der Waals surface area contributed by atoms with Crippen LogP contribution in [-0.4, -0.2) is 6.29 Å². The summed E-state index contributed by atoms with van der Waals surface area (Å²) in [5.74, 6) is -2.54. The summed E-state index contributed by atoms with van der Waals surface area (Å²) in [5, 5.41) is -0.655. The number of halogens is 3. The van der Waals surface area contributed by atoms with E-state index in [1.54, 1.807) is 0 Å². The predicted molar refractivity (Wildman–Crippen MR) is 49.2 cm³/mol. The summed E-state index contributed by atoms with van der Waals surface area (Å²) in [6.07, 6.45) is 0.382. The van der Waals surface area contributed by atoms with Gasteiger partial charge in [0.2, 0.25) is 0 Å². The maximum atomic E-state index is 13.3. The van der Waals surface area contributed by atoms with Gasteiger partial charge in [0.05, 0.1) is 5.39 Å².